The van der Waals surface area contributed by atoms with Gasteiger partial charge in [0.25, 0.3) is 5.91 Å². The third-order valence-corrected chi connectivity index (χ3v) is 5.06. The molecule has 124 valence electrons. The number of hydrogen-bond donors (Lipinski definition) is 2. The number of nitrogens with zero attached hydrogens (tertiary/aromatic N) is 1. The molecule has 7 heteroatoms. The van der Waals surface area contributed by atoms with Gasteiger partial charge in [-0.15, -0.1) is 0 Å². The number of hydrogen-bond acceptors (Lipinski definition) is 3. The highest BCUT2D eigenvalue weighted by atomic mass is 35.5. The van der Waals surface area contributed by atoms with Gasteiger partial charge in [-0.2, -0.15) is 0 Å². The van der Waals surface area contributed by atoms with Crippen LogP contribution in [0.4, 0.5) is 4.39 Å². The third-order valence-electron chi connectivity index (χ3n) is 4.77. The molecule has 0 bridgehead atoms. The molecule has 2 aliphatic heterocycles. The van der Waals surface area contributed by atoms with E-state index in [9.17, 15) is 19.1 Å². The first-order valence-corrected chi connectivity index (χ1v) is 8.02. The minimum Gasteiger partial charge on any atom is -0.392 e. The summed E-state index contributed by atoms with van der Waals surface area (Å²) in [5.74, 6) is -1.09. The van der Waals surface area contributed by atoms with Crippen molar-refractivity contribution in [3.8, 4) is 0 Å². The number of aliphatic hydroxyl groups is 1. The van der Waals surface area contributed by atoms with Crippen LogP contribution in [0.1, 0.15) is 29.6 Å². The lowest BCUT2D eigenvalue weighted by Gasteiger charge is -2.46. The van der Waals surface area contributed by atoms with Crippen LogP contribution in [0.25, 0.3) is 0 Å². The van der Waals surface area contributed by atoms with Crippen LogP contribution in [0.2, 0.25) is 5.02 Å². The molecule has 1 aromatic carbocycles. The molecule has 2 heterocycles. The van der Waals surface area contributed by atoms with Crippen molar-refractivity contribution in [3.63, 3.8) is 0 Å². The van der Waals surface area contributed by atoms with E-state index in [0.717, 1.165) is 12.5 Å². The molecule has 2 fully saturated rings. The van der Waals surface area contributed by atoms with Crippen molar-refractivity contribution < 1.29 is 19.1 Å². The lowest BCUT2D eigenvalue weighted by Crippen LogP contribution is -2.62. The number of carbonyl (C=O) groups excluding carboxylic acids is 2. The standard InChI is InChI=1S/C16H18ClFN2O3/c17-11-8-10(2-3-12(11)18)14(22)20-7-4-13(21)16(9-20)5-1-6-19-15(16)23/h2-3,8,13,21H,1,4-7,9H2,(H,19,23)/t13-,16-/m1/s1. The average molecular weight is 341 g/mol. The number of benzene rings is 1. The predicted molar refractivity (Wildman–Crippen MR) is 82.6 cm³/mol. The third kappa shape index (κ3) is 2.81. The maximum absolute atomic E-state index is 13.2. The van der Waals surface area contributed by atoms with E-state index in [1.54, 1.807) is 4.90 Å². The monoisotopic (exact) mass is 340 g/mol. The number of nitrogens with one attached hydrogen (secondary N) is 1. The van der Waals surface area contributed by atoms with Crippen molar-refractivity contribution in [2.24, 2.45) is 5.41 Å². The highest BCUT2D eigenvalue weighted by Crippen LogP contribution is 2.37. The van der Waals surface area contributed by atoms with Gasteiger partial charge < -0.3 is 15.3 Å². The Morgan fingerprint density at radius 1 is 1.48 bits per heavy atom. The zero-order valence-corrected chi connectivity index (χ0v) is 13.3. The van der Waals surface area contributed by atoms with Crippen LogP contribution in [0.15, 0.2) is 18.2 Å². The Labute approximate surface area is 138 Å². The molecule has 3 rings (SSSR count). The second-order valence-corrected chi connectivity index (χ2v) is 6.58. The molecule has 2 aliphatic rings. The summed E-state index contributed by atoms with van der Waals surface area (Å²) in [7, 11) is 0. The number of piperidine rings is 2. The molecule has 2 amide bonds. The van der Waals surface area contributed by atoms with E-state index in [2.05, 4.69) is 5.32 Å². The summed E-state index contributed by atoms with van der Waals surface area (Å²) in [5, 5.41) is 13.0. The van der Waals surface area contributed by atoms with E-state index >= 15 is 0 Å². The van der Waals surface area contributed by atoms with Crippen LogP contribution in [0.5, 0.6) is 0 Å². The number of amides is 2. The van der Waals surface area contributed by atoms with Crippen LogP contribution in [0, 0.1) is 11.2 Å². The first-order chi connectivity index (χ1) is 10.9. The Bertz CT molecular complexity index is 654. The summed E-state index contributed by atoms with van der Waals surface area (Å²) in [6.45, 7) is 1.10. The first kappa shape index (κ1) is 16.2. The van der Waals surface area contributed by atoms with E-state index in [0.29, 0.717) is 25.9 Å². The van der Waals surface area contributed by atoms with Crippen LogP contribution in [-0.2, 0) is 4.79 Å². The number of aliphatic hydroxyl groups excluding tert-OH is 1. The molecule has 0 aromatic heterocycles. The molecule has 0 saturated carbocycles. The minimum absolute atomic E-state index is 0.113. The van der Waals surface area contributed by atoms with E-state index in [1.807, 2.05) is 0 Å². The van der Waals surface area contributed by atoms with E-state index < -0.39 is 17.3 Å². The summed E-state index contributed by atoms with van der Waals surface area (Å²) in [4.78, 5) is 26.5. The second-order valence-electron chi connectivity index (χ2n) is 6.18. The van der Waals surface area contributed by atoms with E-state index in [4.69, 9.17) is 11.6 Å². The summed E-state index contributed by atoms with van der Waals surface area (Å²) in [5.41, 5.74) is -0.671. The SMILES string of the molecule is O=C(c1ccc(F)c(Cl)c1)N1CC[C@@H](O)[C@@]2(CCCNC2=O)C1. The van der Waals surface area contributed by atoms with Crippen molar-refractivity contribution >= 4 is 23.4 Å². The van der Waals surface area contributed by atoms with Gasteiger partial charge in [-0.1, -0.05) is 11.6 Å². The molecular weight excluding hydrogens is 323 g/mol. The molecule has 23 heavy (non-hydrogen) atoms. The Hall–Kier alpha value is -1.66. The number of halogens is 2. The highest BCUT2D eigenvalue weighted by Gasteiger charge is 2.50. The molecule has 1 spiro atoms. The largest absolute Gasteiger partial charge is 0.392 e. The molecule has 1 aromatic rings. The highest BCUT2D eigenvalue weighted by molar-refractivity contribution is 6.31. The molecule has 2 N–H and O–H groups in total. The fourth-order valence-corrected chi connectivity index (χ4v) is 3.61. The topological polar surface area (TPSA) is 69.6 Å². The van der Waals surface area contributed by atoms with Gasteiger partial charge in [-0.3, -0.25) is 9.59 Å². The molecule has 0 radical (unpaired) electrons. The van der Waals surface area contributed by atoms with Gasteiger partial charge in [0.05, 0.1) is 16.5 Å². The van der Waals surface area contributed by atoms with Gasteiger partial charge in [0.15, 0.2) is 0 Å². The Balaban J connectivity index is 1.84. The molecule has 2 saturated heterocycles. The fraction of sp³-hybridized carbons (Fsp3) is 0.500. The van der Waals surface area contributed by atoms with E-state index in [-0.39, 0.29) is 28.9 Å². The van der Waals surface area contributed by atoms with Crippen LogP contribution in [-0.4, -0.2) is 47.6 Å². The van der Waals surface area contributed by atoms with Crippen LogP contribution < -0.4 is 5.32 Å². The molecule has 2 atom stereocenters. The fourth-order valence-electron chi connectivity index (χ4n) is 3.43. The van der Waals surface area contributed by atoms with E-state index in [1.165, 1.54) is 12.1 Å². The quantitative estimate of drug-likeness (QED) is 0.815. The second kappa shape index (κ2) is 6.09. The summed E-state index contributed by atoms with van der Waals surface area (Å²) >= 11 is 5.74. The maximum Gasteiger partial charge on any atom is 0.253 e. The van der Waals surface area contributed by atoms with Gasteiger partial charge in [-0.25, -0.2) is 4.39 Å². The zero-order valence-electron chi connectivity index (χ0n) is 12.5. The van der Waals surface area contributed by atoms with Crippen LogP contribution in [0.3, 0.4) is 0 Å². The summed E-state index contributed by atoms with van der Waals surface area (Å²) in [6.07, 6.45) is 0.901. The first-order valence-electron chi connectivity index (χ1n) is 7.65. The Kier molecular flexibility index (Phi) is 4.29. The Morgan fingerprint density at radius 2 is 2.26 bits per heavy atom. The van der Waals surface area contributed by atoms with Crippen molar-refractivity contribution in [1.82, 2.24) is 10.2 Å². The number of likely N-dealkylation sites (tertiary alicyclic amines) is 1. The van der Waals surface area contributed by atoms with Gasteiger partial charge in [0, 0.05) is 25.2 Å². The van der Waals surface area contributed by atoms with Gasteiger partial charge in [0.2, 0.25) is 5.91 Å². The normalized spacial score (nSPS) is 27.9. The summed E-state index contributed by atoms with van der Waals surface area (Å²) < 4.78 is 13.2. The minimum atomic E-state index is -0.948. The maximum atomic E-state index is 13.2. The van der Waals surface area contributed by atoms with Crippen LogP contribution >= 0.6 is 11.6 Å². The lowest BCUT2D eigenvalue weighted by molar-refractivity contribution is -0.147. The van der Waals surface area contributed by atoms with Gasteiger partial charge in [0.1, 0.15) is 5.82 Å². The number of rotatable bonds is 1. The van der Waals surface area contributed by atoms with Crippen molar-refractivity contribution in [3.05, 3.63) is 34.6 Å². The number of carbonyl (C=O) groups is 2. The molecule has 5 nitrogen and oxygen atoms in total. The molecule has 0 unspecified atom stereocenters. The van der Waals surface area contributed by atoms with Gasteiger partial charge >= 0.3 is 0 Å². The van der Waals surface area contributed by atoms with Crippen molar-refractivity contribution in [1.29, 1.82) is 0 Å². The zero-order chi connectivity index (χ0) is 16.6. The lowest BCUT2D eigenvalue weighted by atomic mass is 9.71. The molecular formula is C16H18ClFN2O3. The predicted octanol–water partition coefficient (Wildman–Crippen LogP) is 1.58. The Morgan fingerprint density at radius 3 is 2.96 bits per heavy atom. The molecule has 0 aliphatic carbocycles. The van der Waals surface area contributed by atoms with Crippen molar-refractivity contribution in [2.75, 3.05) is 19.6 Å². The smallest absolute Gasteiger partial charge is 0.253 e. The summed E-state index contributed by atoms with van der Waals surface area (Å²) in [6, 6.07) is 3.82. The average Bonchev–Trinajstić information content (AvgIpc) is 2.54. The van der Waals surface area contributed by atoms with Crippen molar-refractivity contribution in [2.45, 2.75) is 25.4 Å². The van der Waals surface area contributed by atoms with Gasteiger partial charge in [-0.05, 0) is 37.5 Å².